The van der Waals surface area contributed by atoms with E-state index in [-0.39, 0.29) is 32.9 Å². The summed E-state index contributed by atoms with van der Waals surface area (Å²) in [6.07, 6.45) is 0. The van der Waals surface area contributed by atoms with Gasteiger partial charge < -0.3 is 10.4 Å². The summed E-state index contributed by atoms with van der Waals surface area (Å²) in [6.45, 7) is 5.23. The molecule has 3 rings (SSSR count). The predicted molar refractivity (Wildman–Crippen MR) is 126 cm³/mol. The Morgan fingerprint density at radius 1 is 1.06 bits per heavy atom. The first-order valence-electron chi connectivity index (χ1n) is 9.46. The number of phenols is 1. The molecule has 0 saturated heterocycles. The monoisotopic (exact) mass is 521 g/mol. The Morgan fingerprint density at radius 3 is 2.19 bits per heavy atom. The summed E-state index contributed by atoms with van der Waals surface area (Å²) in [5.41, 5.74) is 1.41. The fourth-order valence-corrected chi connectivity index (χ4v) is 5.20. The maximum atomic E-state index is 13.4. The van der Waals surface area contributed by atoms with Gasteiger partial charge in [-0.2, -0.15) is 0 Å². The van der Waals surface area contributed by atoms with Crippen molar-refractivity contribution >= 4 is 49.0 Å². The van der Waals surface area contributed by atoms with Crippen molar-refractivity contribution in [3.63, 3.8) is 0 Å². The Kier molecular flexibility index (Phi) is 6.79. The van der Waals surface area contributed by atoms with Crippen LogP contribution in [0.1, 0.15) is 41.3 Å². The van der Waals surface area contributed by atoms with Gasteiger partial charge in [-0.3, -0.25) is 4.79 Å². The third-order valence-electron chi connectivity index (χ3n) is 4.90. The number of carbonyl (C=O) groups is 1. The molecule has 0 radical (unpaired) electrons. The summed E-state index contributed by atoms with van der Waals surface area (Å²) >= 11 is 9.22. The molecular formula is C23H21BrClNO4S. The smallest absolute Gasteiger partial charge is 0.255 e. The number of halogens is 2. The number of nitrogens with one attached hydrogen (secondary N) is 1. The van der Waals surface area contributed by atoms with Gasteiger partial charge in [-0.1, -0.05) is 41.4 Å². The van der Waals surface area contributed by atoms with E-state index in [1.54, 1.807) is 37.3 Å². The number of sulfone groups is 1. The first-order chi connectivity index (χ1) is 14.5. The Labute approximate surface area is 195 Å². The van der Waals surface area contributed by atoms with E-state index in [2.05, 4.69) is 21.2 Å². The molecule has 0 aliphatic heterocycles. The second-order valence-corrected chi connectivity index (χ2v) is 10.6. The van der Waals surface area contributed by atoms with Crippen LogP contribution >= 0.6 is 27.5 Å². The van der Waals surface area contributed by atoms with Crippen LogP contribution in [0.15, 0.2) is 68.9 Å². The van der Waals surface area contributed by atoms with Gasteiger partial charge in [-0.05, 0) is 78.6 Å². The third kappa shape index (κ3) is 4.79. The van der Waals surface area contributed by atoms with Gasteiger partial charge in [0.2, 0.25) is 9.84 Å². The van der Waals surface area contributed by atoms with E-state index < -0.39 is 9.84 Å². The lowest BCUT2D eigenvalue weighted by Crippen LogP contribution is -2.15. The van der Waals surface area contributed by atoms with Gasteiger partial charge in [0.05, 0.1) is 4.90 Å². The van der Waals surface area contributed by atoms with Gasteiger partial charge >= 0.3 is 0 Å². The molecule has 162 valence electrons. The molecular weight excluding hydrogens is 502 g/mol. The van der Waals surface area contributed by atoms with Gasteiger partial charge in [0.25, 0.3) is 5.91 Å². The molecule has 1 amide bonds. The Morgan fingerprint density at radius 2 is 1.65 bits per heavy atom. The first-order valence-corrected chi connectivity index (χ1v) is 12.1. The standard InChI is InChI=1S/C23H21BrClNO4S/c1-13(2)19-12-20(26-23(28)15-4-6-16(24)7-5-15)14(3)22(21(19)27)31(29,30)18-10-8-17(25)9-11-18/h4-13,27H,1-3H3,(H,26,28). The summed E-state index contributed by atoms with van der Waals surface area (Å²) in [5, 5.41) is 14.1. The average molecular weight is 523 g/mol. The molecule has 3 aromatic rings. The zero-order valence-corrected chi connectivity index (χ0v) is 20.3. The minimum atomic E-state index is -4.07. The molecule has 8 heteroatoms. The molecule has 0 spiro atoms. The van der Waals surface area contributed by atoms with Crippen molar-refractivity contribution < 1.29 is 18.3 Å². The fraction of sp³-hybridized carbons (Fsp3) is 0.174. The highest BCUT2D eigenvalue weighted by atomic mass is 79.9. The van der Waals surface area contributed by atoms with Gasteiger partial charge in [0.1, 0.15) is 10.6 Å². The van der Waals surface area contributed by atoms with Crippen LogP contribution < -0.4 is 5.32 Å². The van der Waals surface area contributed by atoms with Crippen LogP contribution in [0, 0.1) is 6.92 Å². The second-order valence-electron chi connectivity index (χ2n) is 7.39. The van der Waals surface area contributed by atoms with Crippen LogP contribution in [-0.2, 0) is 9.84 Å². The summed E-state index contributed by atoms with van der Waals surface area (Å²) in [7, 11) is -4.07. The zero-order valence-electron chi connectivity index (χ0n) is 17.1. The highest BCUT2D eigenvalue weighted by Gasteiger charge is 2.29. The topological polar surface area (TPSA) is 83.5 Å². The van der Waals surface area contributed by atoms with Crippen LogP contribution in [0.2, 0.25) is 5.02 Å². The molecule has 0 fully saturated rings. The van der Waals surface area contributed by atoms with E-state index >= 15 is 0 Å². The molecule has 0 unspecified atom stereocenters. The molecule has 3 aromatic carbocycles. The number of hydrogen-bond acceptors (Lipinski definition) is 4. The second kappa shape index (κ2) is 9.02. The number of amides is 1. The summed E-state index contributed by atoms with van der Waals surface area (Å²) < 4.78 is 27.6. The molecule has 0 saturated carbocycles. The number of aromatic hydroxyl groups is 1. The number of rotatable bonds is 5. The summed E-state index contributed by atoms with van der Waals surface area (Å²) in [4.78, 5) is 12.5. The molecule has 0 aromatic heterocycles. The predicted octanol–water partition coefficient (Wildman–Crippen LogP) is 6.33. The van der Waals surface area contributed by atoms with Gasteiger partial charge in [0, 0.05) is 20.7 Å². The molecule has 31 heavy (non-hydrogen) atoms. The number of carbonyl (C=O) groups excluding carboxylic acids is 1. The maximum Gasteiger partial charge on any atom is 0.255 e. The van der Waals surface area contributed by atoms with E-state index in [0.29, 0.717) is 21.8 Å². The molecule has 0 heterocycles. The lowest BCUT2D eigenvalue weighted by molar-refractivity contribution is 0.102. The van der Waals surface area contributed by atoms with E-state index in [0.717, 1.165) is 4.47 Å². The van der Waals surface area contributed by atoms with E-state index in [4.69, 9.17) is 11.6 Å². The first kappa shape index (κ1) is 23.3. The van der Waals surface area contributed by atoms with E-state index in [9.17, 15) is 18.3 Å². The molecule has 5 nitrogen and oxygen atoms in total. The quantitative estimate of drug-likeness (QED) is 0.384. The maximum absolute atomic E-state index is 13.4. The highest BCUT2D eigenvalue weighted by Crippen LogP contribution is 2.41. The summed E-state index contributed by atoms with van der Waals surface area (Å²) in [6, 6.07) is 14.1. The number of phenolic OH excluding ortho intramolecular Hbond substituents is 1. The molecule has 2 N–H and O–H groups in total. The SMILES string of the molecule is Cc1c(NC(=O)c2ccc(Br)cc2)cc(C(C)C)c(O)c1S(=O)(=O)c1ccc(Cl)cc1. The molecule has 0 aliphatic rings. The largest absolute Gasteiger partial charge is 0.506 e. The minimum absolute atomic E-state index is 0.00129. The average Bonchev–Trinajstić information content (AvgIpc) is 2.70. The minimum Gasteiger partial charge on any atom is -0.506 e. The third-order valence-corrected chi connectivity index (χ3v) is 7.61. The zero-order chi connectivity index (χ0) is 22.9. The fourth-order valence-electron chi connectivity index (χ4n) is 3.19. The van der Waals surface area contributed by atoms with Crippen LogP contribution in [-0.4, -0.2) is 19.4 Å². The van der Waals surface area contributed by atoms with Crippen molar-refractivity contribution in [2.24, 2.45) is 0 Å². The molecule has 0 atom stereocenters. The number of anilines is 1. The van der Waals surface area contributed by atoms with Gasteiger partial charge in [0.15, 0.2) is 0 Å². The van der Waals surface area contributed by atoms with Crippen molar-refractivity contribution in [1.29, 1.82) is 0 Å². The Hall–Kier alpha value is -2.35. The van der Waals surface area contributed by atoms with Crippen molar-refractivity contribution in [3.05, 3.63) is 80.8 Å². The lowest BCUT2D eigenvalue weighted by atomic mass is 9.99. The Bertz CT molecular complexity index is 1240. The summed E-state index contributed by atoms with van der Waals surface area (Å²) in [5.74, 6) is -0.877. The van der Waals surface area contributed by atoms with Gasteiger partial charge in [-0.15, -0.1) is 0 Å². The van der Waals surface area contributed by atoms with Crippen molar-refractivity contribution in [1.82, 2.24) is 0 Å². The van der Waals surface area contributed by atoms with Crippen molar-refractivity contribution in [3.8, 4) is 5.75 Å². The normalized spacial score (nSPS) is 11.5. The number of benzene rings is 3. The van der Waals surface area contributed by atoms with Crippen LogP contribution in [0.25, 0.3) is 0 Å². The highest BCUT2D eigenvalue weighted by molar-refractivity contribution is 9.10. The van der Waals surface area contributed by atoms with E-state index in [1.165, 1.54) is 24.3 Å². The van der Waals surface area contributed by atoms with Crippen molar-refractivity contribution in [2.75, 3.05) is 5.32 Å². The van der Waals surface area contributed by atoms with Gasteiger partial charge in [-0.25, -0.2) is 8.42 Å². The van der Waals surface area contributed by atoms with E-state index in [1.807, 2.05) is 13.8 Å². The number of hydrogen-bond donors (Lipinski definition) is 2. The van der Waals surface area contributed by atoms with Crippen LogP contribution in [0.3, 0.4) is 0 Å². The molecule has 0 aliphatic carbocycles. The Balaban J connectivity index is 2.16. The van der Waals surface area contributed by atoms with Crippen LogP contribution in [0.5, 0.6) is 5.75 Å². The van der Waals surface area contributed by atoms with Crippen LogP contribution in [0.4, 0.5) is 5.69 Å². The van der Waals surface area contributed by atoms with Crippen molar-refractivity contribution in [2.45, 2.75) is 36.5 Å². The lowest BCUT2D eigenvalue weighted by Gasteiger charge is -2.20. The molecule has 0 bridgehead atoms.